The Morgan fingerprint density at radius 1 is 0.660 bits per heavy atom. The lowest BCUT2D eigenvalue weighted by atomic mass is 9.39. The van der Waals surface area contributed by atoms with Gasteiger partial charge in [-0.25, -0.2) is 4.39 Å². The Labute approximate surface area is 319 Å². The van der Waals surface area contributed by atoms with Crippen molar-refractivity contribution in [1.29, 1.82) is 0 Å². The van der Waals surface area contributed by atoms with Crippen LogP contribution < -0.4 is 24.8 Å². The fraction of sp³-hybridized carbons (Fsp3) is 0.234. The predicted molar refractivity (Wildman–Crippen MR) is 228 cm³/mol. The molecule has 0 unspecified atom stereocenters. The Balaban J connectivity index is 1.26. The summed E-state index contributed by atoms with van der Waals surface area (Å²) in [6.07, 6.45) is 6.15. The molecule has 11 rings (SSSR count). The molecule has 260 valence electrons. The van der Waals surface area contributed by atoms with Gasteiger partial charge in [-0.15, -0.1) is 22.7 Å². The second-order valence-electron chi connectivity index (χ2n) is 17.5. The maximum Gasteiger partial charge on any atom is 0.277 e. The summed E-state index contributed by atoms with van der Waals surface area (Å²) in [5.41, 5.74) is 16.5. The number of benzene rings is 5. The first-order valence-electron chi connectivity index (χ1n) is 18.8. The van der Waals surface area contributed by atoms with Gasteiger partial charge in [0.15, 0.2) is 0 Å². The first-order chi connectivity index (χ1) is 25.4. The van der Waals surface area contributed by atoms with Gasteiger partial charge in [0.25, 0.3) is 6.71 Å². The van der Waals surface area contributed by atoms with E-state index in [1.807, 2.05) is 22.7 Å². The van der Waals surface area contributed by atoms with Crippen LogP contribution in [-0.4, -0.2) is 6.71 Å². The number of thiophene rings is 2. The van der Waals surface area contributed by atoms with E-state index in [1.54, 1.807) is 18.2 Å². The minimum Gasteiger partial charge on any atom is -0.310 e. The van der Waals surface area contributed by atoms with E-state index in [2.05, 4.69) is 124 Å². The van der Waals surface area contributed by atoms with Gasteiger partial charge >= 0.3 is 0 Å². The summed E-state index contributed by atoms with van der Waals surface area (Å²) in [6, 6.07) is 31.0. The topological polar surface area (TPSA) is 6.48 Å². The Morgan fingerprint density at radius 2 is 1.17 bits per heavy atom. The predicted octanol–water partition coefficient (Wildman–Crippen LogP) is 11.5. The van der Waals surface area contributed by atoms with Crippen molar-refractivity contribution in [2.75, 3.05) is 9.80 Å². The van der Waals surface area contributed by atoms with E-state index in [1.165, 1.54) is 80.1 Å². The van der Waals surface area contributed by atoms with Gasteiger partial charge in [-0.1, -0.05) is 58.5 Å². The van der Waals surface area contributed by atoms with E-state index in [-0.39, 0.29) is 23.4 Å². The second kappa shape index (κ2) is 10.7. The summed E-state index contributed by atoms with van der Waals surface area (Å²) in [5, 5.41) is 2.62. The summed E-state index contributed by atoms with van der Waals surface area (Å²) in [5.74, 6) is -0.251. The number of halogens is 1. The van der Waals surface area contributed by atoms with Gasteiger partial charge in [-0.05, 0) is 149 Å². The average Bonchev–Trinajstić information content (AvgIpc) is 3.83. The number of aryl methyl sites for hydroxylation is 1. The van der Waals surface area contributed by atoms with E-state index in [4.69, 9.17) is 0 Å². The summed E-state index contributed by atoms with van der Waals surface area (Å²) in [7, 11) is 0. The highest BCUT2D eigenvalue weighted by molar-refractivity contribution is 7.40. The van der Waals surface area contributed by atoms with Crippen molar-refractivity contribution >= 4 is 105 Å². The molecule has 5 aromatic carbocycles. The van der Waals surface area contributed by atoms with Gasteiger partial charge in [0.05, 0.1) is 11.4 Å². The number of rotatable bonds is 3. The Hall–Kier alpha value is -4.65. The van der Waals surface area contributed by atoms with Crippen LogP contribution in [0, 0.1) is 23.6 Å². The van der Waals surface area contributed by atoms with E-state index >= 15 is 4.39 Å². The van der Waals surface area contributed by atoms with Gasteiger partial charge < -0.3 is 9.80 Å². The molecular formula is C47H40BFN2S2. The van der Waals surface area contributed by atoms with Crippen LogP contribution in [0.3, 0.4) is 0 Å². The van der Waals surface area contributed by atoms with Crippen molar-refractivity contribution < 1.29 is 4.39 Å². The highest BCUT2D eigenvalue weighted by Gasteiger charge is 2.47. The minimum absolute atomic E-state index is 0.0570. The zero-order valence-corrected chi connectivity index (χ0v) is 32.5. The molecule has 0 atom stereocenters. The van der Waals surface area contributed by atoms with Gasteiger partial charge in [0, 0.05) is 52.5 Å². The highest BCUT2D eigenvalue weighted by Crippen LogP contribution is 2.52. The molecule has 0 amide bonds. The molecule has 0 saturated heterocycles. The summed E-state index contributed by atoms with van der Waals surface area (Å²) < 4.78 is 21.0. The van der Waals surface area contributed by atoms with E-state index in [0.717, 1.165) is 48.3 Å². The number of hydrogen-bond acceptors (Lipinski definition) is 4. The molecular weight excluding hydrogens is 686 g/mol. The summed E-state index contributed by atoms with van der Waals surface area (Å²) in [4.78, 5) is 4.92. The lowest BCUT2D eigenvalue weighted by Gasteiger charge is -2.42. The maximum absolute atomic E-state index is 15.6. The van der Waals surface area contributed by atoms with Crippen molar-refractivity contribution in [1.82, 2.24) is 0 Å². The van der Waals surface area contributed by atoms with E-state index < -0.39 is 0 Å². The summed E-state index contributed by atoms with van der Waals surface area (Å²) in [6.45, 7) is 15.9. The van der Waals surface area contributed by atoms with Crippen molar-refractivity contribution in [3.63, 3.8) is 0 Å². The smallest absolute Gasteiger partial charge is 0.277 e. The van der Waals surface area contributed by atoms with Crippen LogP contribution in [0.5, 0.6) is 0 Å². The van der Waals surface area contributed by atoms with Gasteiger partial charge in [-0.3, -0.25) is 0 Å². The number of hydrogen-bond donors (Lipinski definition) is 0. The third-order valence-electron chi connectivity index (χ3n) is 12.1. The second-order valence-corrected chi connectivity index (χ2v) is 19.7. The van der Waals surface area contributed by atoms with Crippen LogP contribution >= 0.6 is 22.7 Å². The molecule has 4 heterocycles. The van der Waals surface area contributed by atoms with E-state index in [0.29, 0.717) is 0 Å². The van der Waals surface area contributed by atoms with Crippen molar-refractivity contribution in [3.8, 4) is 0 Å². The molecule has 2 aliphatic carbocycles. The number of fused-ring (bicyclic) bond motifs is 10. The molecule has 0 N–H and O–H groups in total. The molecule has 2 nitrogen and oxygen atoms in total. The van der Waals surface area contributed by atoms with Gasteiger partial charge in [0.1, 0.15) is 5.82 Å². The Kier molecular flexibility index (Phi) is 6.45. The van der Waals surface area contributed by atoms with Crippen molar-refractivity contribution in [2.24, 2.45) is 10.8 Å². The molecule has 7 aromatic rings. The Morgan fingerprint density at radius 3 is 1.70 bits per heavy atom. The number of nitrogens with zero attached hydrogens (tertiary/aromatic N) is 2. The van der Waals surface area contributed by atoms with Crippen LogP contribution in [0.4, 0.5) is 38.5 Å². The molecule has 0 saturated carbocycles. The van der Waals surface area contributed by atoms with Gasteiger partial charge in [-0.2, -0.15) is 0 Å². The van der Waals surface area contributed by atoms with Crippen molar-refractivity contribution in [2.45, 2.75) is 60.3 Å². The zero-order chi connectivity index (χ0) is 36.1. The minimum atomic E-state index is -0.251. The number of para-hydroxylation sites is 1. The molecule has 6 heteroatoms. The van der Waals surface area contributed by atoms with Gasteiger partial charge in [0.2, 0.25) is 0 Å². The zero-order valence-electron chi connectivity index (χ0n) is 30.9. The molecule has 0 spiro atoms. The summed E-state index contributed by atoms with van der Waals surface area (Å²) >= 11 is 3.93. The molecule has 0 radical (unpaired) electrons. The van der Waals surface area contributed by atoms with Crippen LogP contribution in [-0.2, 0) is 25.7 Å². The molecule has 2 aliphatic heterocycles. The largest absolute Gasteiger partial charge is 0.310 e. The monoisotopic (exact) mass is 726 g/mol. The normalized spacial score (nSPS) is 17.2. The first-order valence-corrected chi connectivity index (χ1v) is 20.5. The maximum atomic E-state index is 15.6. The molecule has 0 bridgehead atoms. The van der Waals surface area contributed by atoms with Crippen LogP contribution in [0.2, 0.25) is 0 Å². The average molecular weight is 727 g/mol. The van der Waals surface area contributed by atoms with Crippen LogP contribution in [0.1, 0.15) is 61.1 Å². The fourth-order valence-corrected chi connectivity index (χ4v) is 13.0. The third-order valence-corrected chi connectivity index (χ3v) is 14.5. The molecule has 0 fully saturated rings. The quantitative estimate of drug-likeness (QED) is 0.167. The first kappa shape index (κ1) is 31.8. The SMILES string of the molecule is C=Cc1cc(F)cc(N2c3cc(C)cc4c3B(c3sc5cc6c(cc5c3N4c3ccccc3)CC(C)(C)C6)c3sc4cc5c(cc4c32)CC(C)(C)C5)c1. The molecule has 4 aliphatic rings. The Bertz CT molecular complexity index is 2750. The van der Waals surface area contributed by atoms with Crippen LogP contribution in [0.25, 0.3) is 26.2 Å². The lowest BCUT2D eigenvalue weighted by Crippen LogP contribution is -2.59. The molecule has 53 heavy (non-hydrogen) atoms. The lowest BCUT2D eigenvalue weighted by molar-refractivity contribution is 0.392. The fourth-order valence-electron chi connectivity index (χ4n) is 10.2. The third kappa shape index (κ3) is 4.61. The van der Waals surface area contributed by atoms with Crippen LogP contribution in [0.15, 0.2) is 91.5 Å². The highest BCUT2D eigenvalue weighted by atomic mass is 32.1. The molecule has 2 aromatic heterocycles. The standard InChI is InChI=1S/C47H40BFN2S2/c1-7-27-15-32(49)21-34(16-27)51-38-14-26(2)13-37-41(38)48(45-43(51)36-18-29-23-47(5,6)25-31(29)20-40(36)53-45)44-42(50(37)33-11-9-8-10-12-33)35-17-28-22-46(3,4)24-30(28)19-39(35)52-44/h7-21H,1,22-25H2,2-6H3. The van der Waals surface area contributed by atoms with Crippen molar-refractivity contribution in [3.05, 3.63) is 131 Å². The van der Waals surface area contributed by atoms with E-state index in [9.17, 15) is 0 Å². The number of anilines is 6.